The highest BCUT2D eigenvalue weighted by Gasteiger charge is 2.33. The number of benzene rings is 1. The van der Waals surface area contributed by atoms with E-state index < -0.39 is 11.4 Å². The standard InChI is InChI=1S/C17H23ClO4/c1-17(2,10-14(19)20)15-12(18)8-9-13(21-3)16(15)22-11-6-4-5-7-11/h8-9,11H,4-7,10H2,1-3H3,(H,19,20). The average Bonchev–Trinajstić information content (AvgIpc) is 2.90. The van der Waals surface area contributed by atoms with Crippen molar-refractivity contribution in [2.24, 2.45) is 0 Å². The first-order valence-corrected chi connectivity index (χ1v) is 7.98. The smallest absolute Gasteiger partial charge is 0.304 e. The van der Waals surface area contributed by atoms with E-state index in [4.69, 9.17) is 21.1 Å². The molecule has 5 heteroatoms. The SMILES string of the molecule is COc1ccc(Cl)c(C(C)(C)CC(=O)O)c1OC1CCCC1. The van der Waals surface area contributed by atoms with Crippen LogP contribution < -0.4 is 9.47 Å². The van der Waals surface area contributed by atoms with E-state index in [1.54, 1.807) is 19.2 Å². The van der Waals surface area contributed by atoms with E-state index >= 15 is 0 Å². The molecule has 0 amide bonds. The zero-order valence-corrected chi connectivity index (χ0v) is 14.1. The van der Waals surface area contributed by atoms with Crippen LogP contribution in [-0.2, 0) is 10.2 Å². The van der Waals surface area contributed by atoms with E-state index in [1.807, 2.05) is 13.8 Å². The molecule has 1 aliphatic rings. The van der Waals surface area contributed by atoms with E-state index in [2.05, 4.69) is 0 Å². The first-order valence-electron chi connectivity index (χ1n) is 7.60. The minimum atomic E-state index is -0.865. The van der Waals surface area contributed by atoms with Crippen LogP contribution in [0.1, 0.15) is 51.5 Å². The second-order valence-corrected chi connectivity index (χ2v) is 6.84. The van der Waals surface area contributed by atoms with Crippen LogP contribution in [0.3, 0.4) is 0 Å². The maximum absolute atomic E-state index is 11.2. The topological polar surface area (TPSA) is 55.8 Å². The summed E-state index contributed by atoms with van der Waals surface area (Å²) in [5, 5.41) is 9.70. The van der Waals surface area contributed by atoms with Gasteiger partial charge >= 0.3 is 5.97 Å². The molecule has 0 heterocycles. The van der Waals surface area contributed by atoms with Gasteiger partial charge in [-0.15, -0.1) is 0 Å². The molecule has 0 unspecified atom stereocenters. The highest BCUT2D eigenvalue weighted by Crippen LogP contribution is 2.45. The minimum absolute atomic E-state index is 0.0269. The highest BCUT2D eigenvalue weighted by atomic mass is 35.5. The fourth-order valence-electron chi connectivity index (χ4n) is 3.09. The monoisotopic (exact) mass is 326 g/mol. The number of aliphatic carboxylic acids is 1. The van der Waals surface area contributed by atoms with Crippen LogP contribution in [0, 0.1) is 0 Å². The molecule has 1 saturated carbocycles. The van der Waals surface area contributed by atoms with Crippen molar-refractivity contribution in [3.05, 3.63) is 22.7 Å². The van der Waals surface area contributed by atoms with Crippen molar-refractivity contribution >= 4 is 17.6 Å². The van der Waals surface area contributed by atoms with Gasteiger partial charge in [-0.25, -0.2) is 0 Å². The van der Waals surface area contributed by atoms with Crippen molar-refractivity contribution in [3.63, 3.8) is 0 Å². The Morgan fingerprint density at radius 3 is 2.55 bits per heavy atom. The van der Waals surface area contributed by atoms with Gasteiger partial charge in [-0.1, -0.05) is 25.4 Å². The molecule has 0 aliphatic heterocycles. The summed E-state index contributed by atoms with van der Waals surface area (Å²) in [6, 6.07) is 3.51. The minimum Gasteiger partial charge on any atom is -0.493 e. The molecular weight excluding hydrogens is 304 g/mol. The lowest BCUT2D eigenvalue weighted by Crippen LogP contribution is -2.25. The van der Waals surface area contributed by atoms with Crippen LogP contribution in [-0.4, -0.2) is 24.3 Å². The summed E-state index contributed by atoms with van der Waals surface area (Å²) in [5.74, 6) is 0.327. The molecule has 0 spiro atoms. The predicted octanol–water partition coefficient (Wildman–Crippen LogP) is 4.42. The Hall–Kier alpha value is -1.42. The van der Waals surface area contributed by atoms with Crippen molar-refractivity contribution in [1.29, 1.82) is 0 Å². The van der Waals surface area contributed by atoms with Gasteiger partial charge in [-0.05, 0) is 37.8 Å². The molecule has 1 aliphatic carbocycles. The Kier molecular flexibility index (Phi) is 5.22. The lowest BCUT2D eigenvalue weighted by molar-refractivity contribution is -0.138. The molecule has 2 rings (SSSR count). The van der Waals surface area contributed by atoms with Crippen LogP contribution in [0.25, 0.3) is 0 Å². The molecule has 0 aromatic heterocycles. The Morgan fingerprint density at radius 2 is 2.00 bits per heavy atom. The number of methoxy groups -OCH3 is 1. The van der Waals surface area contributed by atoms with E-state index in [0.717, 1.165) is 25.7 Å². The third-order valence-corrected chi connectivity index (χ3v) is 4.46. The van der Waals surface area contributed by atoms with Crippen molar-refractivity contribution in [2.45, 2.75) is 57.5 Å². The zero-order chi connectivity index (χ0) is 16.3. The Morgan fingerprint density at radius 1 is 1.36 bits per heavy atom. The number of ether oxygens (including phenoxy) is 2. The van der Waals surface area contributed by atoms with Crippen LogP contribution >= 0.6 is 11.6 Å². The summed E-state index contributed by atoms with van der Waals surface area (Å²) in [7, 11) is 1.58. The zero-order valence-electron chi connectivity index (χ0n) is 13.3. The van der Waals surface area contributed by atoms with Crippen LogP contribution in [0.5, 0.6) is 11.5 Å². The van der Waals surface area contributed by atoms with Gasteiger partial charge < -0.3 is 14.6 Å². The molecule has 1 aromatic rings. The maximum atomic E-state index is 11.2. The third kappa shape index (κ3) is 3.67. The van der Waals surface area contributed by atoms with Gasteiger partial charge in [0, 0.05) is 16.0 Å². The quantitative estimate of drug-likeness (QED) is 0.840. The molecule has 0 saturated heterocycles. The predicted molar refractivity (Wildman–Crippen MR) is 86.2 cm³/mol. The number of carboxylic acid groups (broad SMARTS) is 1. The molecule has 0 radical (unpaired) electrons. The highest BCUT2D eigenvalue weighted by molar-refractivity contribution is 6.31. The van der Waals surface area contributed by atoms with Gasteiger partial charge in [0.15, 0.2) is 11.5 Å². The Balaban J connectivity index is 2.47. The fraction of sp³-hybridized carbons (Fsp3) is 0.588. The molecule has 1 fully saturated rings. The molecule has 0 atom stereocenters. The molecule has 22 heavy (non-hydrogen) atoms. The fourth-order valence-corrected chi connectivity index (χ4v) is 3.49. The third-order valence-electron chi connectivity index (χ3n) is 4.15. The lowest BCUT2D eigenvalue weighted by Gasteiger charge is -2.29. The number of carbonyl (C=O) groups is 1. The van der Waals surface area contributed by atoms with Gasteiger partial charge in [-0.3, -0.25) is 4.79 Å². The molecule has 4 nitrogen and oxygen atoms in total. The molecular formula is C17H23ClO4. The van der Waals surface area contributed by atoms with Gasteiger partial charge in [-0.2, -0.15) is 0 Å². The summed E-state index contributed by atoms with van der Waals surface area (Å²) in [6.07, 6.45) is 4.44. The summed E-state index contributed by atoms with van der Waals surface area (Å²) in [4.78, 5) is 11.2. The van der Waals surface area contributed by atoms with Crippen molar-refractivity contribution < 1.29 is 19.4 Å². The summed E-state index contributed by atoms with van der Waals surface area (Å²) < 4.78 is 11.6. The average molecular weight is 327 g/mol. The van der Waals surface area contributed by atoms with Crippen LogP contribution in [0.2, 0.25) is 5.02 Å². The molecule has 122 valence electrons. The molecule has 1 aromatic carbocycles. The maximum Gasteiger partial charge on any atom is 0.304 e. The van der Waals surface area contributed by atoms with Crippen molar-refractivity contribution in [3.8, 4) is 11.5 Å². The van der Waals surface area contributed by atoms with Crippen molar-refractivity contribution in [2.75, 3.05) is 7.11 Å². The largest absolute Gasteiger partial charge is 0.493 e. The summed E-state index contributed by atoms with van der Waals surface area (Å²) >= 11 is 6.38. The number of hydrogen-bond donors (Lipinski definition) is 1. The van der Waals surface area contributed by atoms with Crippen molar-refractivity contribution in [1.82, 2.24) is 0 Å². The Bertz CT molecular complexity index is 548. The lowest BCUT2D eigenvalue weighted by atomic mass is 9.80. The second-order valence-electron chi connectivity index (χ2n) is 6.43. The molecule has 0 bridgehead atoms. The van der Waals surface area contributed by atoms with Crippen LogP contribution in [0.4, 0.5) is 0 Å². The van der Waals surface area contributed by atoms with Gasteiger partial charge in [0.1, 0.15) is 0 Å². The van der Waals surface area contributed by atoms with E-state index in [1.165, 1.54) is 0 Å². The second kappa shape index (κ2) is 6.78. The van der Waals surface area contributed by atoms with E-state index in [0.29, 0.717) is 22.1 Å². The summed E-state index contributed by atoms with van der Waals surface area (Å²) in [6.45, 7) is 3.73. The number of hydrogen-bond acceptors (Lipinski definition) is 3. The van der Waals surface area contributed by atoms with E-state index in [-0.39, 0.29) is 12.5 Å². The van der Waals surface area contributed by atoms with Gasteiger partial charge in [0.05, 0.1) is 19.6 Å². The van der Waals surface area contributed by atoms with E-state index in [9.17, 15) is 9.90 Å². The van der Waals surface area contributed by atoms with Gasteiger partial charge in [0.2, 0.25) is 0 Å². The normalized spacial score (nSPS) is 15.8. The van der Waals surface area contributed by atoms with Gasteiger partial charge in [0.25, 0.3) is 0 Å². The number of rotatable bonds is 6. The number of carboxylic acids is 1. The molecule has 1 N–H and O–H groups in total. The Labute approximate surface area is 136 Å². The first kappa shape index (κ1) is 16.9. The first-order chi connectivity index (χ1) is 10.3. The number of halogens is 1. The van der Waals surface area contributed by atoms with Crippen LogP contribution in [0.15, 0.2) is 12.1 Å². The summed E-state index contributed by atoms with van der Waals surface area (Å²) in [5.41, 5.74) is 0.0635.